The Hall–Kier alpha value is -1.06. The van der Waals surface area contributed by atoms with Crippen LogP contribution < -0.4 is 10.6 Å². The predicted octanol–water partition coefficient (Wildman–Crippen LogP) is 2.38. The third-order valence-corrected chi connectivity index (χ3v) is 3.76. The first kappa shape index (κ1) is 16.0. The standard InChI is InChI=1S/C15H28N2O2/c1-11(2)14(16-12(3)18)15(19)17-13-9-7-5-4-6-8-10-13/h11,13-14H,4-10H2,1-3H3,(H,16,18)(H,17,19)/t14-/m1/s1. The topological polar surface area (TPSA) is 58.2 Å². The summed E-state index contributed by atoms with van der Waals surface area (Å²) in [5.41, 5.74) is 0. The number of nitrogens with one attached hydrogen (secondary N) is 2. The molecule has 1 atom stereocenters. The van der Waals surface area contributed by atoms with E-state index in [1.165, 1.54) is 39.0 Å². The van der Waals surface area contributed by atoms with Gasteiger partial charge in [0, 0.05) is 13.0 Å². The van der Waals surface area contributed by atoms with Crippen molar-refractivity contribution in [1.82, 2.24) is 10.6 Å². The number of hydrogen-bond acceptors (Lipinski definition) is 2. The predicted molar refractivity (Wildman–Crippen MR) is 76.7 cm³/mol. The molecule has 0 aromatic heterocycles. The Bertz CT molecular complexity index is 295. The Morgan fingerprint density at radius 2 is 1.53 bits per heavy atom. The van der Waals surface area contributed by atoms with E-state index in [1.807, 2.05) is 13.8 Å². The molecular formula is C15H28N2O2. The van der Waals surface area contributed by atoms with Gasteiger partial charge in [0.25, 0.3) is 0 Å². The van der Waals surface area contributed by atoms with Gasteiger partial charge in [-0.25, -0.2) is 0 Å². The minimum Gasteiger partial charge on any atom is -0.352 e. The second-order valence-electron chi connectivity index (χ2n) is 5.97. The van der Waals surface area contributed by atoms with E-state index in [4.69, 9.17) is 0 Å². The molecule has 4 heteroatoms. The fraction of sp³-hybridized carbons (Fsp3) is 0.867. The first-order valence-electron chi connectivity index (χ1n) is 7.58. The molecule has 4 nitrogen and oxygen atoms in total. The SMILES string of the molecule is CC(=O)N[C@@H](C(=O)NC1CCCCCCC1)C(C)C. The first-order chi connectivity index (χ1) is 9.00. The molecule has 0 heterocycles. The summed E-state index contributed by atoms with van der Waals surface area (Å²) in [6.45, 7) is 5.37. The molecule has 2 N–H and O–H groups in total. The minimum atomic E-state index is -0.414. The van der Waals surface area contributed by atoms with E-state index >= 15 is 0 Å². The summed E-state index contributed by atoms with van der Waals surface area (Å²) in [6.07, 6.45) is 8.38. The summed E-state index contributed by atoms with van der Waals surface area (Å²) in [5, 5.41) is 5.87. The monoisotopic (exact) mass is 268 g/mol. The third-order valence-electron chi connectivity index (χ3n) is 3.76. The molecule has 110 valence electrons. The van der Waals surface area contributed by atoms with Gasteiger partial charge in [0.2, 0.25) is 11.8 Å². The molecule has 1 aliphatic carbocycles. The van der Waals surface area contributed by atoms with Crippen LogP contribution >= 0.6 is 0 Å². The summed E-state index contributed by atoms with van der Waals surface area (Å²) in [4.78, 5) is 23.4. The molecule has 0 aliphatic heterocycles. The molecular weight excluding hydrogens is 240 g/mol. The van der Waals surface area contributed by atoms with Crippen LogP contribution in [0.2, 0.25) is 0 Å². The molecule has 19 heavy (non-hydrogen) atoms. The van der Waals surface area contributed by atoms with Gasteiger partial charge in [-0.05, 0) is 18.8 Å². The number of carbonyl (C=O) groups is 2. The van der Waals surface area contributed by atoms with Crippen LogP contribution in [0.25, 0.3) is 0 Å². The van der Waals surface area contributed by atoms with E-state index < -0.39 is 6.04 Å². The summed E-state index contributed by atoms with van der Waals surface area (Å²) in [6, 6.07) is -0.134. The van der Waals surface area contributed by atoms with Crippen molar-refractivity contribution in [3.63, 3.8) is 0 Å². The Labute approximate surface area is 116 Å². The van der Waals surface area contributed by atoms with Crippen LogP contribution in [0.15, 0.2) is 0 Å². The van der Waals surface area contributed by atoms with Crippen molar-refractivity contribution in [1.29, 1.82) is 0 Å². The lowest BCUT2D eigenvalue weighted by atomic mass is 9.95. The molecule has 1 saturated carbocycles. The molecule has 0 spiro atoms. The zero-order valence-corrected chi connectivity index (χ0v) is 12.5. The molecule has 2 amide bonds. The highest BCUT2D eigenvalue weighted by molar-refractivity contribution is 5.87. The van der Waals surface area contributed by atoms with Crippen molar-refractivity contribution in [3.8, 4) is 0 Å². The number of amides is 2. The van der Waals surface area contributed by atoms with Gasteiger partial charge >= 0.3 is 0 Å². The Morgan fingerprint density at radius 3 is 2.00 bits per heavy atom. The van der Waals surface area contributed by atoms with Crippen molar-refractivity contribution >= 4 is 11.8 Å². The van der Waals surface area contributed by atoms with Crippen molar-refractivity contribution < 1.29 is 9.59 Å². The van der Waals surface area contributed by atoms with Gasteiger partial charge in [-0.3, -0.25) is 9.59 Å². The van der Waals surface area contributed by atoms with Gasteiger partial charge in [0.15, 0.2) is 0 Å². The fourth-order valence-electron chi connectivity index (χ4n) is 2.65. The Morgan fingerprint density at radius 1 is 1.00 bits per heavy atom. The Kier molecular flexibility index (Phi) is 6.89. The third kappa shape index (κ3) is 6.08. The van der Waals surface area contributed by atoms with Gasteiger partial charge < -0.3 is 10.6 Å². The second kappa shape index (κ2) is 8.18. The molecule has 0 aromatic carbocycles. The van der Waals surface area contributed by atoms with Gasteiger partial charge in [-0.15, -0.1) is 0 Å². The highest BCUT2D eigenvalue weighted by Crippen LogP contribution is 2.17. The van der Waals surface area contributed by atoms with Gasteiger partial charge in [-0.2, -0.15) is 0 Å². The van der Waals surface area contributed by atoms with Crippen LogP contribution in [-0.2, 0) is 9.59 Å². The van der Waals surface area contributed by atoms with Crippen molar-refractivity contribution in [2.75, 3.05) is 0 Å². The smallest absolute Gasteiger partial charge is 0.243 e. The number of rotatable bonds is 4. The Balaban J connectivity index is 2.51. The van der Waals surface area contributed by atoms with Crippen LogP contribution in [0, 0.1) is 5.92 Å². The lowest BCUT2D eigenvalue weighted by Gasteiger charge is -2.26. The van der Waals surface area contributed by atoms with Crippen LogP contribution in [-0.4, -0.2) is 23.9 Å². The lowest BCUT2D eigenvalue weighted by molar-refractivity contribution is -0.129. The van der Waals surface area contributed by atoms with Crippen molar-refractivity contribution in [3.05, 3.63) is 0 Å². The largest absolute Gasteiger partial charge is 0.352 e. The lowest BCUT2D eigenvalue weighted by Crippen LogP contribution is -2.51. The summed E-state index contributed by atoms with van der Waals surface area (Å²) in [7, 11) is 0. The van der Waals surface area contributed by atoms with E-state index in [-0.39, 0.29) is 23.8 Å². The van der Waals surface area contributed by atoms with Crippen LogP contribution in [0.1, 0.15) is 65.7 Å². The molecule has 1 aliphatic rings. The van der Waals surface area contributed by atoms with Gasteiger partial charge in [0.05, 0.1) is 0 Å². The maximum atomic E-state index is 12.3. The summed E-state index contributed by atoms with van der Waals surface area (Å²) >= 11 is 0. The van der Waals surface area contributed by atoms with Crippen molar-refractivity contribution in [2.45, 2.75) is 77.8 Å². The van der Waals surface area contributed by atoms with Crippen molar-refractivity contribution in [2.24, 2.45) is 5.92 Å². The molecule has 1 fully saturated rings. The highest BCUT2D eigenvalue weighted by atomic mass is 16.2. The highest BCUT2D eigenvalue weighted by Gasteiger charge is 2.25. The quantitative estimate of drug-likeness (QED) is 0.822. The molecule has 1 rings (SSSR count). The summed E-state index contributed by atoms with van der Waals surface area (Å²) in [5.74, 6) is -0.0697. The van der Waals surface area contributed by atoms with E-state index in [1.54, 1.807) is 0 Å². The maximum Gasteiger partial charge on any atom is 0.243 e. The van der Waals surface area contributed by atoms with Crippen LogP contribution in [0.3, 0.4) is 0 Å². The zero-order chi connectivity index (χ0) is 14.3. The average molecular weight is 268 g/mol. The fourth-order valence-corrected chi connectivity index (χ4v) is 2.65. The van der Waals surface area contributed by atoms with E-state index in [0.29, 0.717) is 0 Å². The number of hydrogen-bond donors (Lipinski definition) is 2. The number of carbonyl (C=O) groups excluding carboxylic acids is 2. The van der Waals surface area contributed by atoms with Gasteiger partial charge in [0.1, 0.15) is 6.04 Å². The molecule has 0 bridgehead atoms. The molecule has 0 unspecified atom stereocenters. The first-order valence-corrected chi connectivity index (χ1v) is 7.58. The molecule has 0 radical (unpaired) electrons. The summed E-state index contributed by atoms with van der Waals surface area (Å²) < 4.78 is 0. The van der Waals surface area contributed by atoms with Crippen LogP contribution in [0.5, 0.6) is 0 Å². The normalized spacial score (nSPS) is 19.4. The molecule has 0 aromatic rings. The van der Waals surface area contributed by atoms with E-state index in [9.17, 15) is 9.59 Å². The molecule has 0 saturated heterocycles. The van der Waals surface area contributed by atoms with Crippen LogP contribution in [0.4, 0.5) is 0 Å². The zero-order valence-electron chi connectivity index (χ0n) is 12.5. The van der Waals surface area contributed by atoms with E-state index in [0.717, 1.165) is 12.8 Å². The van der Waals surface area contributed by atoms with E-state index in [2.05, 4.69) is 10.6 Å². The average Bonchev–Trinajstić information content (AvgIpc) is 2.28. The maximum absolute atomic E-state index is 12.3. The second-order valence-corrected chi connectivity index (χ2v) is 5.97. The minimum absolute atomic E-state index is 0.0317. The van der Waals surface area contributed by atoms with Gasteiger partial charge in [-0.1, -0.05) is 46.0 Å².